The SMILES string of the molecule is CC(C)C#CCN1Cc2cn[nH]c2C1. The van der Waals surface area contributed by atoms with E-state index in [1.807, 2.05) is 6.20 Å². The summed E-state index contributed by atoms with van der Waals surface area (Å²) in [4.78, 5) is 2.32. The van der Waals surface area contributed by atoms with Crippen LogP contribution in [-0.2, 0) is 13.1 Å². The third kappa shape index (κ3) is 1.97. The number of rotatable bonds is 1. The van der Waals surface area contributed by atoms with E-state index in [0.717, 1.165) is 19.6 Å². The Hall–Kier alpha value is -1.27. The Kier molecular flexibility index (Phi) is 2.55. The average Bonchev–Trinajstić information content (AvgIpc) is 2.62. The van der Waals surface area contributed by atoms with Crippen LogP contribution in [0.25, 0.3) is 0 Å². The number of nitrogens with one attached hydrogen (secondary N) is 1. The van der Waals surface area contributed by atoms with Crippen molar-refractivity contribution < 1.29 is 0 Å². The Balaban J connectivity index is 1.88. The van der Waals surface area contributed by atoms with E-state index in [9.17, 15) is 0 Å². The molecule has 0 spiro atoms. The van der Waals surface area contributed by atoms with Gasteiger partial charge in [0.05, 0.1) is 18.4 Å². The van der Waals surface area contributed by atoms with Crippen molar-refractivity contribution >= 4 is 0 Å². The Morgan fingerprint density at radius 3 is 3.14 bits per heavy atom. The molecule has 1 aromatic rings. The fraction of sp³-hybridized carbons (Fsp3) is 0.545. The molecule has 0 radical (unpaired) electrons. The molecule has 1 aromatic heterocycles. The highest BCUT2D eigenvalue weighted by Gasteiger charge is 2.18. The molecule has 1 aliphatic heterocycles. The highest BCUT2D eigenvalue weighted by atomic mass is 15.2. The molecule has 0 atom stereocenters. The number of aromatic nitrogens is 2. The Morgan fingerprint density at radius 1 is 1.57 bits per heavy atom. The lowest BCUT2D eigenvalue weighted by atomic mass is 10.2. The first-order chi connectivity index (χ1) is 6.75. The maximum Gasteiger partial charge on any atom is 0.0608 e. The normalized spacial score (nSPS) is 15.4. The molecule has 0 saturated carbocycles. The molecule has 0 aliphatic carbocycles. The second-order valence-electron chi connectivity index (χ2n) is 3.99. The van der Waals surface area contributed by atoms with Gasteiger partial charge in [-0.2, -0.15) is 5.10 Å². The van der Waals surface area contributed by atoms with Gasteiger partial charge in [-0.25, -0.2) is 0 Å². The van der Waals surface area contributed by atoms with Gasteiger partial charge in [-0.3, -0.25) is 10.00 Å². The fourth-order valence-electron chi connectivity index (χ4n) is 1.60. The third-order valence-corrected chi connectivity index (χ3v) is 2.28. The molecule has 1 aliphatic rings. The van der Waals surface area contributed by atoms with Gasteiger partial charge in [-0.05, 0) is 0 Å². The quantitative estimate of drug-likeness (QED) is 0.677. The molecule has 3 nitrogen and oxygen atoms in total. The Bertz CT molecular complexity index is 347. The van der Waals surface area contributed by atoms with Gasteiger partial charge >= 0.3 is 0 Å². The van der Waals surface area contributed by atoms with Crippen LogP contribution < -0.4 is 0 Å². The maximum atomic E-state index is 4.00. The second kappa shape index (κ2) is 3.85. The average molecular weight is 189 g/mol. The van der Waals surface area contributed by atoms with Crippen molar-refractivity contribution in [3.8, 4) is 11.8 Å². The van der Waals surface area contributed by atoms with E-state index >= 15 is 0 Å². The van der Waals surface area contributed by atoms with Crippen molar-refractivity contribution in [1.29, 1.82) is 0 Å². The number of fused-ring (bicyclic) bond motifs is 1. The van der Waals surface area contributed by atoms with E-state index in [4.69, 9.17) is 0 Å². The molecular formula is C11H15N3. The van der Waals surface area contributed by atoms with Crippen molar-refractivity contribution in [3.05, 3.63) is 17.5 Å². The number of aromatic amines is 1. The van der Waals surface area contributed by atoms with E-state index < -0.39 is 0 Å². The Morgan fingerprint density at radius 2 is 2.43 bits per heavy atom. The lowest BCUT2D eigenvalue weighted by Gasteiger charge is -2.09. The van der Waals surface area contributed by atoms with Crippen molar-refractivity contribution in [2.75, 3.05) is 6.54 Å². The molecule has 2 heterocycles. The third-order valence-electron chi connectivity index (χ3n) is 2.28. The first-order valence-corrected chi connectivity index (χ1v) is 4.97. The zero-order chi connectivity index (χ0) is 9.97. The first-order valence-electron chi connectivity index (χ1n) is 4.97. The van der Waals surface area contributed by atoms with Gasteiger partial charge < -0.3 is 0 Å². The van der Waals surface area contributed by atoms with Gasteiger partial charge in [0, 0.05) is 24.6 Å². The molecule has 0 aromatic carbocycles. The predicted molar refractivity (Wildman–Crippen MR) is 55.3 cm³/mol. The Labute approximate surface area is 84.5 Å². The largest absolute Gasteiger partial charge is 0.282 e. The molecular weight excluding hydrogens is 174 g/mol. The first kappa shape index (κ1) is 9.29. The minimum Gasteiger partial charge on any atom is -0.282 e. The summed E-state index contributed by atoms with van der Waals surface area (Å²) in [6, 6.07) is 0. The molecule has 0 unspecified atom stereocenters. The van der Waals surface area contributed by atoms with Crippen molar-refractivity contribution in [3.63, 3.8) is 0 Å². The zero-order valence-electron chi connectivity index (χ0n) is 8.67. The van der Waals surface area contributed by atoms with Gasteiger partial charge in [0.25, 0.3) is 0 Å². The van der Waals surface area contributed by atoms with Gasteiger partial charge in [0.1, 0.15) is 0 Å². The highest BCUT2D eigenvalue weighted by Crippen LogP contribution is 2.18. The molecule has 74 valence electrons. The summed E-state index contributed by atoms with van der Waals surface area (Å²) >= 11 is 0. The van der Waals surface area contributed by atoms with E-state index in [2.05, 4.69) is 40.8 Å². The maximum absolute atomic E-state index is 4.00. The lowest BCUT2D eigenvalue weighted by molar-refractivity contribution is 0.318. The van der Waals surface area contributed by atoms with Gasteiger partial charge in [-0.15, -0.1) is 0 Å². The standard InChI is InChI=1S/C11H15N3/c1-9(2)4-3-5-14-7-10-6-12-13-11(10)8-14/h6,9H,5,7-8H2,1-2H3,(H,12,13). The summed E-state index contributed by atoms with van der Waals surface area (Å²) < 4.78 is 0. The fourth-order valence-corrected chi connectivity index (χ4v) is 1.60. The van der Waals surface area contributed by atoms with Crippen LogP contribution in [0.5, 0.6) is 0 Å². The van der Waals surface area contributed by atoms with Crippen LogP contribution in [0, 0.1) is 17.8 Å². The molecule has 3 heteroatoms. The second-order valence-corrected chi connectivity index (χ2v) is 3.99. The molecule has 0 amide bonds. The molecule has 2 rings (SSSR count). The summed E-state index contributed by atoms with van der Waals surface area (Å²) in [6.45, 7) is 7.04. The number of hydrogen-bond acceptors (Lipinski definition) is 2. The van der Waals surface area contributed by atoms with Crippen LogP contribution in [0.4, 0.5) is 0 Å². The smallest absolute Gasteiger partial charge is 0.0608 e. The molecule has 0 bridgehead atoms. The van der Waals surface area contributed by atoms with Crippen LogP contribution in [-0.4, -0.2) is 21.6 Å². The zero-order valence-corrected chi connectivity index (χ0v) is 8.67. The van der Waals surface area contributed by atoms with Crippen molar-refractivity contribution in [2.45, 2.75) is 26.9 Å². The molecule has 0 fully saturated rings. The van der Waals surface area contributed by atoms with E-state index in [-0.39, 0.29) is 0 Å². The highest BCUT2D eigenvalue weighted by molar-refractivity contribution is 5.21. The van der Waals surface area contributed by atoms with E-state index in [0.29, 0.717) is 5.92 Å². The summed E-state index contributed by atoms with van der Waals surface area (Å²) in [5.41, 5.74) is 2.56. The van der Waals surface area contributed by atoms with Crippen molar-refractivity contribution in [1.82, 2.24) is 15.1 Å². The summed E-state index contributed by atoms with van der Waals surface area (Å²) in [5.74, 6) is 6.84. The topological polar surface area (TPSA) is 31.9 Å². The van der Waals surface area contributed by atoms with Gasteiger partial charge in [0.2, 0.25) is 0 Å². The van der Waals surface area contributed by atoms with E-state index in [1.165, 1.54) is 11.3 Å². The van der Waals surface area contributed by atoms with E-state index in [1.54, 1.807) is 0 Å². The summed E-state index contributed by atoms with van der Waals surface area (Å²) in [5, 5.41) is 7.01. The van der Waals surface area contributed by atoms with Crippen LogP contribution in [0.15, 0.2) is 6.20 Å². The van der Waals surface area contributed by atoms with Crippen LogP contribution in [0.1, 0.15) is 25.1 Å². The number of nitrogens with zero attached hydrogens (tertiary/aromatic N) is 2. The van der Waals surface area contributed by atoms with Crippen molar-refractivity contribution in [2.24, 2.45) is 5.92 Å². The van der Waals surface area contributed by atoms with Crippen LogP contribution >= 0.6 is 0 Å². The van der Waals surface area contributed by atoms with Crippen LogP contribution in [0.2, 0.25) is 0 Å². The van der Waals surface area contributed by atoms with Crippen LogP contribution in [0.3, 0.4) is 0 Å². The summed E-state index contributed by atoms with van der Waals surface area (Å²) in [7, 11) is 0. The minimum absolute atomic E-state index is 0.470. The monoisotopic (exact) mass is 189 g/mol. The molecule has 14 heavy (non-hydrogen) atoms. The molecule has 1 N–H and O–H groups in total. The minimum atomic E-state index is 0.470. The summed E-state index contributed by atoms with van der Waals surface area (Å²) in [6.07, 6.45) is 1.91. The predicted octanol–water partition coefficient (Wildman–Crippen LogP) is 1.38. The number of hydrogen-bond donors (Lipinski definition) is 1. The van der Waals surface area contributed by atoms with Gasteiger partial charge in [-0.1, -0.05) is 25.7 Å². The lowest BCUT2D eigenvalue weighted by Crippen LogP contribution is -2.16. The molecule has 0 saturated heterocycles. The number of H-pyrrole nitrogens is 1. The van der Waals surface area contributed by atoms with Gasteiger partial charge in [0.15, 0.2) is 0 Å².